The summed E-state index contributed by atoms with van der Waals surface area (Å²) in [6.45, 7) is 5.75. The molecule has 0 radical (unpaired) electrons. The lowest BCUT2D eigenvalue weighted by molar-refractivity contribution is -0.131. The summed E-state index contributed by atoms with van der Waals surface area (Å²) in [6, 6.07) is 5.79. The summed E-state index contributed by atoms with van der Waals surface area (Å²) in [6.07, 6.45) is 1.42. The molecule has 0 aromatic heterocycles. The number of fused-ring (bicyclic) bond motifs is 1. The van der Waals surface area contributed by atoms with Crippen molar-refractivity contribution in [1.82, 2.24) is 5.32 Å². The van der Waals surface area contributed by atoms with Crippen LogP contribution in [0.2, 0.25) is 0 Å². The SMILES string of the molecule is CC(C)(NC(=O)C1CCCO1)c1ccc2c(c1)OCCO2. The van der Waals surface area contributed by atoms with Crippen LogP contribution in [0, 0.1) is 0 Å². The molecule has 0 saturated carbocycles. The maximum atomic E-state index is 12.2. The van der Waals surface area contributed by atoms with Crippen LogP contribution in [-0.4, -0.2) is 31.8 Å². The first-order valence-electron chi connectivity index (χ1n) is 7.40. The number of carbonyl (C=O) groups excluding carboxylic acids is 1. The third-order valence-corrected chi connectivity index (χ3v) is 3.92. The third kappa shape index (κ3) is 2.97. The van der Waals surface area contributed by atoms with Crippen LogP contribution >= 0.6 is 0 Å². The van der Waals surface area contributed by atoms with E-state index in [-0.39, 0.29) is 12.0 Å². The van der Waals surface area contributed by atoms with Gasteiger partial charge in [-0.2, -0.15) is 0 Å². The molecule has 21 heavy (non-hydrogen) atoms. The molecule has 2 aliphatic rings. The zero-order valence-electron chi connectivity index (χ0n) is 12.5. The molecule has 1 aromatic carbocycles. The van der Waals surface area contributed by atoms with Gasteiger partial charge in [-0.15, -0.1) is 0 Å². The molecule has 0 bridgehead atoms. The van der Waals surface area contributed by atoms with Crippen LogP contribution < -0.4 is 14.8 Å². The minimum Gasteiger partial charge on any atom is -0.486 e. The number of rotatable bonds is 3. The predicted octanol–water partition coefficient (Wildman–Crippen LogP) is 1.99. The van der Waals surface area contributed by atoms with Crippen molar-refractivity contribution in [1.29, 1.82) is 0 Å². The van der Waals surface area contributed by atoms with Crippen molar-refractivity contribution < 1.29 is 19.0 Å². The molecule has 1 N–H and O–H groups in total. The largest absolute Gasteiger partial charge is 0.486 e. The van der Waals surface area contributed by atoms with Gasteiger partial charge in [0.15, 0.2) is 11.5 Å². The normalized spacial score (nSPS) is 21.1. The van der Waals surface area contributed by atoms with Gasteiger partial charge in [0.25, 0.3) is 0 Å². The van der Waals surface area contributed by atoms with Gasteiger partial charge in [-0.25, -0.2) is 0 Å². The van der Waals surface area contributed by atoms with Crippen molar-refractivity contribution in [3.8, 4) is 11.5 Å². The Balaban J connectivity index is 1.75. The first-order chi connectivity index (χ1) is 10.1. The highest BCUT2D eigenvalue weighted by atomic mass is 16.6. The van der Waals surface area contributed by atoms with Crippen molar-refractivity contribution in [2.75, 3.05) is 19.8 Å². The molecule has 1 fully saturated rings. The topological polar surface area (TPSA) is 56.8 Å². The summed E-state index contributed by atoms with van der Waals surface area (Å²) in [5, 5.41) is 3.06. The van der Waals surface area contributed by atoms with Crippen LogP contribution in [0.4, 0.5) is 0 Å². The number of ether oxygens (including phenoxy) is 3. The Hall–Kier alpha value is -1.75. The quantitative estimate of drug-likeness (QED) is 0.925. The van der Waals surface area contributed by atoms with Gasteiger partial charge in [-0.3, -0.25) is 4.79 Å². The second kappa shape index (κ2) is 5.56. The molecule has 1 amide bonds. The number of amides is 1. The van der Waals surface area contributed by atoms with Crippen LogP contribution in [0.1, 0.15) is 32.3 Å². The van der Waals surface area contributed by atoms with Gasteiger partial charge in [0.2, 0.25) is 5.91 Å². The standard InChI is InChI=1S/C16H21NO4/c1-16(2,17-15(18)13-4-3-7-19-13)11-5-6-12-14(10-11)21-9-8-20-12/h5-6,10,13H,3-4,7-9H2,1-2H3,(H,17,18). The molecule has 2 aliphatic heterocycles. The van der Waals surface area contributed by atoms with E-state index < -0.39 is 5.54 Å². The van der Waals surface area contributed by atoms with E-state index in [1.54, 1.807) is 0 Å². The Kier molecular flexibility index (Phi) is 3.76. The summed E-state index contributed by atoms with van der Waals surface area (Å²) < 4.78 is 16.6. The lowest BCUT2D eigenvalue weighted by atomic mass is 9.93. The van der Waals surface area contributed by atoms with Gasteiger partial charge in [0.1, 0.15) is 19.3 Å². The molecule has 1 aromatic rings. The average Bonchev–Trinajstić information content (AvgIpc) is 3.00. The molecule has 1 unspecified atom stereocenters. The number of hydrogen-bond donors (Lipinski definition) is 1. The van der Waals surface area contributed by atoms with E-state index in [0.29, 0.717) is 19.8 Å². The molecular weight excluding hydrogens is 270 g/mol. The van der Waals surface area contributed by atoms with Gasteiger partial charge < -0.3 is 19.5 Å². The zero-order valence-corrected chi connectivity index (χ0v) is 12.5. The number of nitrogens with one attached hydrogen (secondary N) is 1. The lowest BCUT2D eigenvalue weighted by Crippen LogP contribution is -2.45. The summed E-state index contributed by atoms with van der Waals surface area (Å²) in [5.41, 5.74) is 0.497. The lowest BCUT2D eigenvalue weighted by Gasteiger charge is -2.29. The Morgan fingerprint density at radius 3 is 2.67 bits per heavy atom. The molecule has 114 valence electrons. The second-order valence-electron chi connectivity index (χ2n) is 5.97. The summed E-state index contributed by atoms with van der Waals surface area (Å²) >= 11 is 0. The molecule has 1 saturated heterocycles. The molecule has 3 rings (SSSR count). The first-order valence-corrected chi connectivity index (χ1v) is 7.40. The Bertz CT molecular complexity index is 535. The maximum absolute atomic E-state index is 12.2. The highest BCUT2D eigenvalue weighted by molar-refractivity contribution is 5.81. The molecular formula is C16H21NO4. The van der Waals surface area contributed by atoms with E-state index in [1.165, 1.54) is 0 Å². The van der Waals surface area contributed by atoms with E-state index in [9.17, 15) is 4.79 Å². The molecule has 5 nitrogen and oxygen atoms in total. The van der Waals surface area contributed by atoms with E-state index in [1.807, 2.05) is 32.0 Å². The highest BCUT2D eigenvalue weighted by Gasteiger charge is 2.30. The van der Waals surface area contributed by atoms with Crippen LogP contribution in [0.15, 0.2) is 18.2 Å². The summed E-state index contributed by atoms with van der Waals surface area (Å²) in [4.78, 5) is 12.2. The fourth-order valence-electron chi connectivity index (χ4n) is 2.68. The van der Waals surface area contributed by atoms with E-state index in [4.69, 9.17) is 14.2 Å². The minimum atomic E-state index is -0.487. The van der Waals surface area contributed by atoms with Crippen molar-refractivity contribution in [3.05, 3.63) is 23.8 Å². The third-order valence-electron chi connectivity index (χ3n) is 3.92. The average molecular weight is 291 g/mol. The Morgan fingerprint density at radius 2 is 1.95 bits per heavy atom. The van der Waals surface area contributed by atoms with Crippen LogP contribution in [0.3, 0.4) is 0 Å². The van der Waals surface area contributed by atoms with E-state index in [2.05, 4.69) is 5.32 Å². The first kappa shape index (κ1) is 14.2. The van der Waals surface area contributed by atoms with Gasteiger partial charge in [-0.1, -0.05) is 6.07 Å². The van der Waals surface area contributed by atoms with Crippen LogP contribution in [-0.2, 0) is 15.1 Å². The molecule has 0 spiro atoms. The highest BCUT2D eigenvalue weighted by Crippen LogP contribution is 2.34. The number of hydrogen-bond acceptors (Lipinski definition) is 4. The minimum absolute atomic E-state index is 0.0487. The maximum Gasteiger partial charge on any atom is 0.249 e. The molecule has 5 heteroatoms. The molecule has 1 atom stereocenters. The summed E-state index contributed by atoms with van der Waals surface area (Å²) in [7, 11) is 0. The summed E-state index contributed by atoms with van der Waals surface area (Å²) in [5.74, 6) is 1.44. The Morgan fingerprint density at radius 1 is 1.19 bits per heavy atom. The van der Waals surface area contributed by atoms with E-state index in [0.717, 1.165) is 29.9 Å². The zero-order chi connectivity index (χ0) is 14.9. The van der Waals surface area contributed by atoms with E-state index >= 15 is 0 Å². The van der Waals surface area contributed by atoms with Crippen LogP contribution in [0.5, 0.6) is 11.5 Å². The van der Waals surface area contributed by atoms with Crippen molar-refractivity contribution in [2.45, 2.75) is 38.3 Å². The van der Waals surface area contributed by atoms with Crippen LogP contribution in [0.25, 0.3) is 0 Å². The van der Waals surface area contributed by atoms with Gasteiger partial charge in [-0.05, 0) is 44.4 Å². The van der Waals surface area contributed by atoms with Crippen molar-refractivity contribution >= 4 is 5.91 Å². The fourth-order valence-corrected chi connectivity index (χ4v) is 2.68. The van der Waals surface area contributed by atoms with Gasteiger partial charge in [0, 0.05) is 6.61 Å². The Labute approximate surface area is 124 Å². The van der Waals surface area contributed by atoms with Gasteiger partial charge in [0.05, 0.1) is 5.54 Å². The molecule has 2 heterocycles. The number of benzene rings is 1. The van der Waals surface area contributed by atoms with Crippen molar-refractivity contribution in [2.24, 2.45) is 0 Å². The van der Waals surface area contributed by atoms with Gasteiger partial charge >= 0.3 is 0 Å². The fraction of sp³-hybridized carbons (Fsp3) is 0.562. The smallest absolute Gasteiger partial charge is 0.249 e. The second-order valence-corrected chi connectivity index (χ2v) is 5.97. The number of carbonyl (C=O) groups is 1. The van der Waals surface area contributed by atoms with Crippen molar-refractivity contribution in [3.63, 3.8) is 0 Å². The predicted molar refractivity (Wildman–Crippen MR) is 77.6 cm³/mol. The molecule has 0 aliphatic carbocycles. The monoisotopic (exact) mass is 291 g/mol.